The second-order valence-electron chi connectivity index (χ2n) is 4.47. The van der Waals surface area contributed by atoms with Crippen molar-refractivity contribution in [1.82, 2.24) is 4.98 Å². The first-order valence-electron chi connectivity index (χ1n) is 4.97. The maximum atomic E-state index is 12.3. The molecule has 0 radical (unpaired) electrons. The lowest BCUT2D eigenvalue weighted by atomic mass is 10.0. The van der Waals surface area contributed by atoms with Gasteiger partial charge in [-0.15, -0.1) is 11.8 Å². The van der Waals surface area contributed by atoms with Crippen LogP contribution < -0.4 is 0 Å². The van der Waals surface area contributed by atoms with E-state index in [-0.39, 0.29) is 5.41 Å². The molecule has 0 N–H and O–H groups in total. The van der Waals surface area contributed by atoms with Gasteiger partial charge in [0.05, 0.1) is 10.6 Å². The fraction of sp³-hybridized carbons (Fsp3) is 0.545. The van der Waals surface area contributed by atoms with Crippen LogP contribution in [-0.4, -0.2) is 16.1 Å². The molecule has 0 amide bonds. The van der Waals surface area contributed by atoms with Crippen molar-refractivity contribution in [1.29, 1.82) is 0 Å². The van der Waals surface area contributed by atoms with E-state index < -0.39 is 11.7 Å². The number of hydrogen-bond donors (Lipinski definition) is 0. The van der Waals surface area contributed by atoms with Gasteiger partial charge in [0.2, 0.25) is 0 Å². The van der Waals surface area contributed by atoms with Crippen molar-refractivity contribution in [3.63, 3.8) is 0 Å². The molecule has 0 spiro atoms. The summed E-state index contributed by atoms with van der Waals surface area (Å²) < 4.78 is 36.9. The Morgan fingerprint density at radius 1 is 1.29 bits per heavy atom. The number of nitrogens with zero attached hydrogens (tertiary/aromatic N) is 1. The van der Waals surface area contributed by atoms with E-state index in [0.717, 1.165) is 23.3 Å². The van der Waals surface area contributed by atoms with Crippen LogP contribution in [0.1, 0.15) is 19.4 Å². The molecule has 0 fully saturated rings. The van der Waals surface area contributed by atoms with Crippen molar-refractivity contribution in [3.8, 4) is 0 Å². The maximum Gasteiger partial charge on any atom is 0.417 e. The van der Waals surface area contributed by atoms with Crippen LogP contribution >= 0.6 is 27.7 Å². The molecular formula is C11H13BrF3NS. The van der Waals surface area contributed by atoms with Crippen molar-refractivity contribution in [2.24, 2.45) is 5.41 Å². The summed E-state index contributed by atoms with van der Waals surface area (Å²) in [4.78, 5) is 3.81. The Balaban J connectivity index is 2.64. The Bertz CT molecular complexity index is 362. The van der Waals surface area contributed by atoms with Crippen LogP contribution in [0.3, 0.4) is 0 Å². The van der Waals surface area contributed by atoms with Crippen molar-refractivity contribution >= 4 is 27.7 Å². The van der Waals surface area contributed by atoms with Crippen LogP contribution in [-0.2, 0) is 6.18 Å². The monoisotopic (exact) mass is 327 g/mol. The molecule has 1 aromatic rings. The third-order valence-electron chi connectivity index (χ3n) is 2.04. The highest BCUT2D eigenvalue weighted by Crippen LogP contribution is 2.31. The Hall–Kier alpha value is -0.230. The molecule has 0 saturated carbocycles. The molecule has 0 aliphatic heterocycles. The van der Waals surface area contributed by atoms with E-state index in [4.69, 9.17) is 0 Å². The molecule has 0 aliphatic rings. The third-order valence-corrected chi connectivity index (χ3v) is 5.02. The zero-order chi connectivity index (χ0) is 13.1. The van der Waals surface area contributed by atoms with Crippen LogP contribution in [0.4, 0.5) is 13.2 Å². The van der Waals surface area contributed by atoms with Gasteiger partial charge in [-0.25, -0.2) is 4.98 Å². The first-order chi connectivity index (χ1) is 7.74. The predicted molar refractivity (Wildman–Crippen MR) is 67.5 cm³/mol. The topological polar surface area (TPSA) is 12.9 Å². The fourth-order valence-corrected chi connectivity index (χ4v) is 2.33. The summed E-state index contributed by atoms with van der Waals surface area (Å²) in [5.41, 5.74) is -0.615. The highest BCUT2D eigenvalue weighted by atomic mass is 79.9. The molecule has 1 rings (SSSR count). The van der Waals surface area contributed by atoms with Crippen LogP contribution in [0.25, 0.3) is 0 Å². The number of pyridine rings is 1. The van der Waals surface area contributed by atoms with Gasteiger partial charge in [0.15, 0.2) is 0 Å². The lowest BCUT2D eigenvalue weighted by Gasteiger charge is -2.20. The zero-order valence-corrected chi connectivity index (χ0v) is 11.9. The van der Waals surface area contributed by atoms with E-state index in [0.29, 0.717) is 5.03 Å². The summed E-state index contributed by atoms with van der Waals surface area (Å²) in [7, 11) is 0. The highest BCUT2D eigenvalue weighted by molar-refractivity contribution is 9.09. The van der Waals surface area contributed by atoms with Crippen molar-refractivity contribution in [2.75, 3.05) is 11.1 Å². The molecule has 1 heterocycles. The predicted octanol–water partition coefficient (Wildman–Crippen LogP) is 4.61. The lowest BCUT2D eigenvalue weighted by molar-refractivity contribution is -0.137. The number of thioether (sulfide) groups is 1. The Kier molecular flexibility index (Phi) is 4.89. The average molecular weight is 328 g/mol. The minimum atomic E-state index is -4.31. The minimum absolute atomic E-state index is 0.0923. The normalized spacial score (nSPS) is 12.8. The standard InChI is InChI=1S/C11H13BrF3NS/c1-10(2,6-12)7-17-9-4-3-8(5-16-9)11(13,14)15/h3-5H,6-7H2,1-2H3. The van der Waals surface area contributed by atoms with E-state index in [2.05, 4.69) is 34.8 Å². The lowest BCUT2D eigenvalue weighted by Crippen LogP contribution is -2.16. The molecular weight excluding hydrogens is 315 g/mol. The number of aromatic nitrogens is 1. The molecule has 0 bridgehead atoms. The van der Waals surface area contributed by atoms with Crippen LogP contribution in [0.15, 0.2) is 23.4 Å². The summed E-state index contributed by atoms with van der Waals surface area (Å²) in [5.74, 6) is 0.802. The van der Waals surface area contributed by atoms with Gasteiger partial charge in [-0.1, -0.05) is 29.8 Å². The molecule has 96 valence electrons. The Morgan fingerprint density at radius 3 is 2.35 bits per heavy atom. The second kappa shape index (κ2) is 5.61. The summed E-state index contributed by atoms with van der Waals surface area (Å²) >= 11 is 4.86. The van der Waals surface area contributed by atoms with E-state index in [1.54, 1.807) is 0 Å². The van der Waals surface area contributed by atoms with Gasteiger partial charge >= 0.3 is 6.18 Å². The Labute approximate surface area is 111 Å². The number of rotatable bonds is 4. The smallest absolute Gasteiger partial charge is 0.249 e. The Morgan fingerprint density at radius 2 is 1.94 bits per heavy atom. The van der Waals surface area contributed by atoms with Crippen LogP contribution in [0.2, 0.25) is 0 Å². The molecule has 0 atom stereocenters. The molecule has 0 unspecified atom stereocenters. The van der Waals surface area contributed by atoms with E-state index in [1.807, 2.05) is 0 Å². The van der Waals surface area contributed by atoms with Crippen molar-refractivity contribution in [2.45, 2.75) is 25.0 Å². The fourth-order valence-electron chi connectivity index (χ4n) is 0.941. The number of hydrogen-bond acceptors (Lipinski definition) is 2. The molecule has 6 heteroatoms. The van der Waals surface area contributed by atoms with Crippen molar-refractivity contribution in [3.05, 3.63) is 23.9 Å². The molecule has 0 aliphatic carbocycles. The van der Waals surface area contributed by atoms with Gasteiger partial charge in [-0.3, -0.25) is 0 Å². The molecule has 1 aromatic heterocycles. The van der Waals surface area contributed by atoms with Gasteiger partial charge in [0.25, 0.3) is 0 Å². The maximum absolute atomic E-state index is 12.3. The van der Waals surface area contributed by atoms with Gasteiger partial charge in [-0.05, 0) is 17.5 Å². The van der Waals surface area contributed by atoms with E-state index in [1.165, 1.54) is 17.8 Å². The van der Waals surface area contributed by atoms with E-state index in [9.17, 15) is 13.2 Å². The summed E-state index contributed by atoms with van der Waals surface area (Å²) in [6, 6.07) is 2.48. The third kappa shape index (κ3) is 4.87. The molecule has 17 heavy (non-hydrogen) atoms. The first-order valence-corrected chi connectivity index (χ1v) is 7.07. The molecule has 1 nitrogen and oxygen atoms in total. The minimum Gasteiger partial charge on any atom is -0.249 e. The largest absolute Gasteiger partial charge is 0.417 e. The summed E-state index contributed by atoms with van der Waals surface area (Å²) in [6.45, 7) is 4.16. The number of alkyl halides is 4. The second-order valence-corrected chi connectivity index (χ2v) is 6.03. The van der Waals surface area contributed by atoms with Crippen molar-refractivity contribution < 1.29 is 13.2 Å². The molecule has 0 saturated heterocycles. The summed E-state index contributed by atoms with van der Waals surface area (Å²) in [5, 5.41) is 1.46. The van der Waals surface area contributed by atoms with Gasteiger partial charge in [0.1, 0.15) is 0 Å². The first kappa shape index (κ1) is 14.8. The highest BCUT2D eigenvalue weighted by Gasteiger charge is 2.30. The van der Waals surface area contributed by atoms with Gasteiger partial charge in [-0.2, -0.15) is 13.2 Å². The van der Waals surface area contributed by atoms with Crippen LogP contribution in [0.5, 0.6) is 0 Å². The van der Waals surface area contributed by atoms with Crippen LogP contribution in [0, 0.1) is 5.41 Å². The zero-order valence-electron chi connectivity index (χ0n) is 9.51. The van der Waals surface area contributed by atoms with Gasteiger partial charge in [0, 0.05) is 17.3 Å². The SMILES string of the molecule is CC(C)(CBr)CSc1ccc(C(F)(F)F)cn1. The van der Waals surface area contributed by atoms with E-state index >= 15 is 0 Å². The van der Waals surface area contributed by atoms with Gasteiger partial charge < -0.3 is 0 Å². The average Bonchev–Trinajstić information content (AvgIpc) is 2.26. The quantitative estimate of drug-likeness (QED) is 0.591. The molecule has 0 aromatic carbocycles. The summed E-state index contributed by atoms with van der Waals surface area (Å²) in [6.07, 6.45) is -3.44. The number of halogens is 4.